The number of thiazole rings is 1. The second kappa shape index (κ2) is 8.23. The molecule has 0 saturated carbocycles. The fraction of sp³-hybridized carbons (Fsp3) is 0.312. The van der Waals surface area contributed by atoms with Crippen molar-refractivity contribution >= 4 is 41.2 Å². The number of amides is 2. The van der Waals surface area contributed by atoms with Crippen molar-refractivity contribution in [2.24, 2.45) is 5.73 Å². The van der Waals surface area contributed by atoms with Crippen molar-refractivity contribution in [1.29, 1.82) is 0 Å². The Labute approximate surface area is 150 Å². The Hall–Kier alpha value is -1.96. The van der Waals surface area contributed by atoms with Crippen LogP contribution in [0.1, 0.15) is 28.3 Å². The van der Waals surface area contributed by atoms with E-state index < -0.39 is 6.04 Å². The average Bonchev–Trinajstić information content (AvgIpc) is 3.07. The molecule has 3 N–H and O–H groups in total. The van der Waals surface area contributed by atoms with Crippen LogP contribution in [0.3, 0.4) is 0 Å². The van der Waals surface area contributed by atoms with E-state index in [2.05, 4.69) is 10.3 Å². The summed E-state index contributed by atoms with van der Waals surface area (Å²) in [5, 5.41) is 5.17. The van der Waals surface area contributed by atoms with Crippen LogP contribution >= 0.6 is 23.7 Å². The normalized spacial score (nSPS) is 17.3. The summed E-state index contributed by atoms with van der Waals surface area (Å²) in [5.41, 5.74) is 6.68. The first-order valence-corrected chi connectivity index (χ1v) is 8.39. The smallest absolute Gasteiger partial charge is 0.271 e. The molecule has 1 atom stereocenters. The minimum Gasteiger partial charge on any atom is -0.339 e. The van der Waals surface area contributed by atoms with Crippen LogP contribution in [-0.2, 0) is 11.3 Å². The third kappa shape index (κ3) is 3.92. The number of rotatable bonds is 4. The molecule has 0 bridgehead atoms. The highest BCUT2D eigenvalue weighted by molar-refractivity contribution is 7.09. The van der Waals surface area contributed by atoms with Crippen molar-refractivity contribution in [2.45, 2.75) is 25.4 Å². The summed E-state index contributed by atoms with van der Waals surface area (Å²) >= 11 is 1.35. The molecule has 1 saturated heterocycles. The van der Waals surface area contributed by atoms with E-state index in [4.69, 9.17) is 5.73 Å². The second-order valence-corrected chi connectivity index (χ2v) is 6.27. The summed E-state index contributed by atoms with van der Waals surface area (Å²) in [6.07, 6.45) is 1.48. The Balaban J connectivity index is 0.00000208. The molecule has 2 heterocycles. The van der Waals surface area contributed by atoms with Crippen LogP contribution in [-0.4, -0.2) is 29.4 Å². The van der Waals surface area contributed by atoms with Gasteiger partial charge in [-0.3, -0.25) is 9.59 Å². The van der Waals surface area contributed by atoms with Gasteiger partial charge in [0.1, 0.15) is 16.7 Å². The number of nitrogens with one attached hydrogen (secondary N) is 1. The highest BCUT2D eigenvalue weighted by Gasteiger charge is 2.31. The number of hydrogen-bond donors (Lipinski definition) is 2. The van der Waals surface area contributed by atoms with E-state index >= 15 is 0 Å². The van der Waals surface area contributed by atoms with Gasteiger partial charge in [0.05, 0.1) is 0 Å². The van der Waals surface area contributed by atoms with E-state index in [1.54, 1.807) is 10.3 Å². The number of hydrogen-bond acceptors (Lipinski definition) is 5. The highest BCUT2D eigenvalue weighted by Crippen LogP contribution is 2.21. The molecule has 1 aliphatic rings. The monoisotopic (exact) mass is 366 g/mol. The predicted molar refractivity (Wildman–Crippen MR) is 96.5 cm³/mol. The van der Waals surface area contributed by atoms with Gasteiger partial charge in [0.15, 0.2) is 0 Å². The number of nitrogens with zero attached hydrogens (tertiary/aromatic N) is 2. The Bertz CT molecular complexity index is 707. The molecule has 1 fully saturated rings. The third-order valence-corrected chi connectivity index (χ3v) is 4.64. The molecule has 6 nitrogen and oxygen atoms in total. The zero-order chi connectivity index (χ0) is 16.2. The van der Waals surface area contributed by atoms with Crippen LogP contribution in [0.25, 0.3) is 0 Å². The number of nitrogens with two attached hydrogens (primary N) is 1. The summed E-state index contributed by atoms with van der Waals surface area (Å²) in [5.74, 6) is -0.403. The fourth-order valence-corrected chi connectivity index (χ4v) is 3.27. The van der Waals surface area contributed by atoms with Crippen LogP contribution in [0.4, 0.5) is 5.69 Å². The molecule has 0 radical (unpaired) electrons. The van der Waals surface area contributed by atoms with E-state index in [0.29, 0.717) is 30.2 Å². The highest BCUT2D eigenvalue weighted by atomic mass is 35.5. The fourth-order valence-electron chi connectivity index (χ4n) is 2.61. The van der Waals surface area contributed by atoms with Crippen molar-refractivity contribution in [2.75, 3.05) is 11.4 Å². The first kappa shape index (κ1) is 18.4. The van der Waals surface area contributed by atoms with Gasteiger partial charge in [0.25, 0.3) is 5.91 Å². The van der Waals surface area contributed by atoms with Crippen LogP contribution in [0.15, 0.2) is 35.7 Å². The Morgan fingerprint density at radius 3 is 2.79 bits per heavy atom. The van der Waals surface area contributed by atoms with E-state index in [1.807, 2.05) is 30.3 Å². The van der Waals surface area contributed by atoms with Gasteiger partial charge in [-0.05, 0) is 25.0 Å². The van der Waals surface area contributed by atoms with Crippen molar-refractivity contribution in [3.63, 3.8) is 0 Å². The molecule has 1 unspecified atom stereocenters. The first-order chi connectivity index (χ1) is 11.2. The lowest BCUT2D eigenvalue weighted by Gasteiger charge is -2.32. The maximum Gasteiger partial charge on any atom is 0.271 e. The molecule has 1 aromatic heterocycles. The van der Waals surface area contributed by atoms with Crippen LogP contribution in [0, 0.1) is 0 Å². The molecule has 3 rings (SSSR count). The Morgan fingerprint density at radius 2 is 2.12 bits per heavy atom. The minimum absolute atomic E-state index is 0. The van der Waals surface area contributed by atoms with E-state index in [9.17, 15) is 9.59 Å². The van der Waals surface area contributed by atoms with Gasteiger partial charge in [-0.25, -0.2) is 4.98 Å². The van der Waals surface area contributed by atoms with Crippen LogP contribution in [0.5, 0.6) is 0 Å². The first-order valence-electron chi connectivity index (χ1n) is 7.51. The van der Waals surface area contributed by atoms with Crippen molar-refractivity contribution < 1.29 is 9.59 Å². The lowest BCUT2D eigenvalue weighted by molar-refractivity contribution is -0.121. The lowest BCUT2D eigenvalue weighted by Crippen LogP contribution is -2.52. The zero-order valence-corrected chi connectivity index (χ0v) is 14.6. The van der Waals surface area contributed by atoms with E-state index in [1.165, 1.54) is 11.3 Å². The minimum atomic E-state index is -0.514. The zero-order valence-electron chi connectivity index (χ0n) is 13.0. The number of benzene rings is 1. The van der Waals surface area contributed by atoms with Gasteiger partial charge >= 0.3 is 0 Å². The third-order valence-electron chi connectivity index (χ3n) is 3.77. The predicted octanol–water partition coefficient (Wildman–Crippen LogP) is 1.95. The summed E-state index contributed by atoms with van der Waals surface area (Å²) in [6, 6.07) is 8.99. The molecular weight excluding hydrogens is 348 g/mol. The topological polar surface area (TPSA) is 88.3 Å². The number of anilines is 1. The van der Waals surface area contributed by atoms with Gasteiger partial charge in [0.2, 0.25) is 5.91 Å². The van der Waals surface area contributed by atoms with E-state index in [-0.39, 0.29) is 24.2 Å². The molecule has 0 aliphatic carbocycles. The molecular formula is C16H19ClN4O2S. The summed E-state index contributed by atoms with van der Waals surface area (Å²) in [6.45, 7) is 0.978. The van der Waals surface area contributed by atoms with Crippen molar-refractivity contribution in [3.05, 3.63) is 46.4 Å². The molecule has 2 aromatic rings. The van der Waals surface area contributed by atoms with Gasteiger partial charge in [0, 0.05) is 24.2 Å². The van der Waals surface area contributed by atoms with Gasteiger partial charge in [-0.1, -0.05) is 18.2 Å². The number of aromatic nitrogens is 1. The molecule has 128 valence electrons. The molecule has 1 aliphatic heterocycles. The number of halogens is 1. The summed E-state index contributed by atoms with van der Waals surface area (Å²) < 4.78 is 0. The van der Waals surface area contributed by atoms with Gasteiger partial charge in [-0.15, -0.1) is 23.7 Å². The number of para-hydroxylation sites is 1. The molecule has 1 aromatic carbocycles. The van der Waals surface area contributed by atoms with Crippen LogP contribution < -0.4 is 16.0 Å². The van der Waals surface area contributed by atoms with Crippen molar-refractivity contribution in [1.82, 2.24) is 10.3 Å². The van der Waals surface area contributed by atoms with Crippen molar-refractivity contribution in [3.8, 4) is 0 Å². The lowest BCUT2D eigenvalue weighted by atomic mass is 10.0. The summed E-state index contributed by atoms with van der Waals surface area (Å²) in [7, 11) is 0. The SMILES string of the molecule is Cl.NCc1nc(C(=O)NC2CCCN(c3ccccc3)C2=O)cs1. The summed E-state index contributed by atoms with van der Waals surface area (Å²) in [4.78, 5) is 30.8. The molecule has 24 heavy (non-hydrogen) atoms. The second-order valence-electron chi connectivity index (χ2n) is 5.32. The van der Waals surface area contributed by atoms with E-state index in [0.717, 1.165) is 12.1 Å². The number of piperidine rings is 1. The van der Waals surface area contributed by atoms with Gasteiger partial charge in [-0.2, -0.15) is 0 Å². The maximum atomic E-state index is 12.6. The Morgan fingerprint density at radius 1 is 1.38 bits per heavy atom. The van der Waals surface area contributed by atoms with Gasteiger partial charge < -0.3 is 16.0 Å². The Kier molecular flexibility index (Phi) is 6.30. The van der Waals surface area contributed by atoms with Crippen LogP contribution in [0.2, 0.25) is 0 Å². The molecule has 8 heteroatoms. The maximum absolute atomic E-state index is 12.6. The standard InChI is InChI=1S/C16H18N4O2S.ClH/c17-9-14-18-13(10-23-14)15(21)19-12-7-4-8-20(16(12)22)11-5-2-1-3-6-11;/h1-3,5-6,10,12H,4,7-9,17H2,(H,19,21);1H. The number of carbonyl (C=O) groups excluding carboxylic acids is 2. The largest absolute Gasteiger partial charge is 0.339 e. The molecule has 2 amide bonds. The molecule has 0 spiro atoms. The number of carbonyl (C=O) groups is 2. The average molecular weight is 367 g/mol. The quantitative estimate of drug-likeness (QED) is 0.865.